The summed E-state index contributed by atoms with van der Waals surface area (Å²) >= 11 is 0. The maximum atomic E-state index is 10.7. The van der Waals surface area contributed by atoms with Crippen LogP contribution in [0.15, 0.2) is 23.0 Å². The number of fused-ring (bicyclic) bond motifs is 6. The van der Waals surface area contributed by atoms with Gasteiger partial charge in [0.1, 0.15) is 0 Å². The van der Waals surface area contributed by atoms with E-state index in [2.05, 4.69) is 13.0 Å². The lowest BCUT2D eigenvalue weighted by Crippen LogP contribution is -2.47. The van der Waals surface area contributed by atoms with Crippen LogP contribution in [0, 0.1) is 35.0 Å². The van der Waals surface area contributed by atoms with E-state index in [1.807, 2.05) is 7.11 Å². The highest BCUT2D eigenvalue weighted by molar-refractivity contribution is 5.33. The summed E-state index contributed by atoms with van der Waals surface area (Å²) in [7, 11) is 1.81. The fraction of sp³-hybridized carbons (Fsp3) is 0.800. The van der Waals surface area contributed by atoms with Crippen molar-refractivity contribution in [2.24, 2.45) is 35.0 Å². The van der Waals surface area contributed by atoms with E-state index in [9.17, 15) is 5.11 Å². The Morgan fingerprint density at radius 1 is 1.23 bits per heavy atom. The van der Waals surface area contributed by atoms with Crippen LogP contribution in [0.2, 0.25) is 0 Å². The first-order valence-corrected chi connectivity index (χ1v) is 9.25. The molecule has 2 nitrogen and oxygen atoms in total. The number of aliphatic hydroxyl groups is 1. The largest absolute Gasteiger partial charge is 0.501 e. The Bertz CT molecular complexity index is 574. The van der Waals surface area contributed by atoms with Crippen molar-refractivity contribution in [3.05, 3.63) is 23.0 Å². The lowest BCUT2D eigenvalue weighted by molar-refractivity contribution is -0.0541. The molecule has 120 valence electrons. The van der Waals surface area contributed by atoms with Gasteiger partial charge >= 0.3 is 0 Å². The van der Waals surface area contributed by atoms with Gasteiger partial charge in [-0.2, -0.15) is 0 Å². The second-order valence-electron chi connectivity index (χ2n) is 8.77. The number of allylic oxidation sites excluding steroid dienone is 3. The highest BCUT2D eigenvalue weighted by atomic mass is 16.5. The molecule has 0 aromatic carbocycles. The minimum Gasteiger partial charge on any atom is -0.501 e. The van der Waals surface area contributed by atoms with Crippen LogP contribution in [-0.4, -0.2) is 18.3 Å². The molecule has 1 N–H and O–H groups in total. The van der Waals surface area contributed by atoms with Gasteiger partial charge in [-0.3, -0.25) is 0 Å². The molecular formula is C20H28O2. The van der Waals surface area contributed by atoms with Crippen LogP contribution < -0.4 is 0 Å². The second-order valence-corrected chi connectivity index (χ2v) is 8.77. The van der Waals surface area contributed by atoms with E-state index in [0.717, 1.165) is 36.5 Å². The molecule has 0 heterocycles. The molecule has 0 saturated heterocycles. The molecule has 0 bridgehead atoms. The Balaban J connectivity index is 1.46. The van der Waals surface area contributed by atoms with Crippen molar-refractivity contribution in [1.29, 1.82) is 0 Å². The van der Waals surface area contributed by atoms with Gasteiger partial charge in [-0.05, 0) is 79.6 Å². The predicted octanol–water partition coefficient (Wildman–Crippen LogP) is 4.06. The van der Waals surface area contributed by atoms with E-state index >= 15 is 0 Å². The van der Waals surface area contributed by atoms with Crippen LogP contribution >= 0.6 is 0 Å². The van der Waals surface area contributed by atoms with Crippen molar-refractivity contribution in [1.82, 2.24) is 0 Å². The third-order valence-corrected chi connectivity index (χ3v) is 8.05. The summed E-state index contributed by atoms with van der Waals surface area (Å²) in [5, 5.41) is 10.7. The molecule has 0 spiro atoms. The summed E-state index contributed by atoms with van der Waals surface area (Å²) < 4.78 is 5.49. The van der Waals surface area contributed by atoms with E-state index in [1.54, 1.807) is 11.1 Å². The highest BCUT2D eigenvalue weighted by Crippen LogP contribution is 2.71. The third-order valence-electron chi connectivity index (χ3n) is 8.05. The number of rotatable bonds is 1. The molecule has 0 radical (unpaired) electrons. The predicted molar refractivity (Wildman–Crippen MR) is 86.0 cm³/mol. The quantitative estimate of drug-likeness (QED) is 0.740. The van der Waals surface area contributed by atoms with Crippen molar-refractivity contribution in [2.45, 2.75) is 58.0 Å². The maximum absolute atomic E-state index is 10.7. The molecule has 5 rings (SSSR count). The molecule has 22 heavy (non-hydrogen) atoms. The molecule has 3 fully saturated rings. The minimum absolute atomic E-state index is 0.00910. The molecule has 0 aromatic rings. The van der Waals surface area contributed by atoms with Gasteiger partial charge in [0, 0.05) is 6.42 Å². The molecule has 7 atom stereocenters. The minimum atomic E-state index is -0.00910. The molecule has 5 aliphatic rings. The number of aliphatic hydroxyl groups excluding tert-OH is 1. The number of hydrogen-bond acceptors (Lipinski definition) is 2. The smallest absolute Gasteiger partial charge is 0.0959 e. The molecule has 2 heteroatoms. The fourth-order valence-corrected chi connectivity index (χ4v) is 6.98. The van der Waals surface area contributed by atoms with Crippen LogP contribution in [0.1, 0.15) is 51.9 Å². The molecule has 5 aliphatic carbocycles. The van der Waals surface area contributed by atoms with Gasteiger partial charge in [0.15, 0.2) is 0 Å². The SMILES string of the molecule is COC1=CCC2=C(CCC3C2CCC2(C)C3C3C[C@H]3C2O)C1. The summed E-state index contributed by atoms with van der Waals surface area (Å²) in [4.78, 5) is 0. The fourth-order valence-electron chi connectivity index (χ4n) is 6.98. The van der Waals surface area contributed by atoms with Crippen LogP contribution in [0.4, 0.5) is 0 Å². The second kappa shape index (κ2) is 4.41. The first-order chi connectivity index (χ1) is 10.6. The van der Waals surface area contributed by atoms with Gasteiger partial charge in [0.25, 0.3) is 0 Å². The highest BCUT2D eigenvalue weighted by Gasteiger charge is 2.68. The third kappa shape index (κ3) is 1.60. The van der Waals surface area contributed by atoms with Gasteiger partial charge in [-0.25, -0.2) is 0 Å². The number of hydrogen-bond donors (Lipinski definition) is 1. The van der Waals surface area contributed by atoms with Gasteiger partial charge in [0.2, 0.25) is 0 Å². The summed E-state index contributed by atoms with van der Waals surface area (Å²) in [5.41, 5.74) is 3.68. The number of ether oxygens (including phenoxy) is 1. The Morgan fingerprint density at radius 3 is 2.91 bits per heavy atom. The van der Waals surface area contributed by atoms with Gasteiger partial charge in [-0.1, -0.05) is 18.1 Å². The molecule has 6 unspecified atom stereocenters. The first kappa shape index (κ1) is 13.7. The van der Waals surface area contributed by atoms with Gasteiger partial charge < -0.3 is 9.84 Å². The molecule has 0 aromatic heterocycles. The number of methoxy groups -OCH3 is 1. The Hall–Kier alpha value is -0.760. The van der Waals surface area contributed by atoms with Crippen molar-refractivity contribution in [3.8, 4) is 0 Å². The zero-order valence-electron chi connectivity index (χ0n) is 13.8. The van der Waals surface area contributed by atoms with E-state index in [4.69, 9.17) is 4.74 Å². The van der Waals surface area contributed by atoms with Crippen LogP contribution in [-0.2, 0) is 4.74 Å². The lowest BCUT2D eigenvalue weighted by atomic mass is 9.53. The van der Waals surface area contributed by atoms with Crippen LogP contribution in [0.25, 0.3) is 0 Å². The van der Waals surface area contributed by atoms with Crippen LogP contribution in [0.5, 0.6) is 0 Å². The Morgan fingerprint density at radius 2 is 2.09 bits per heavy atom. The standard InChI is InChI=1S/C20H28O2/c1-20-8-7-14-13-6-4-12(22-2)9-11(13)3-5-15(14)18(20)16-10-17(16)19(20)21/h4,14-19,21H,3,5-10H2,1-2H3/t14?,15?,16?,17-,18?,19?,20?/m1/s1. The van der Waals surface area contributed by atoms with E-state index in [0.29, 0.717) is 5.92 Å². The van der Waals surface area contributed by atoms with Crippen molar-refractivity contribution >= 4 is 0 Å². The molecule has 3 saturated carbocycles. The van der Waals surface area contributed by atoms with Crippen molar-refractivity contribution in [3.63, 3.8) is 0 Å². The Labute approximate surface area is 133 Å². The average Bonchev–Trinajstić information content (AvgIpc) is 3.28. The lowest BCUT2D eigenvalue weighted by Gasteiger charge is -2.52. The maximum Gasteiger partial charge on any atom is 0.0959 e. The summed E-state index contributed by atoms with van der Waals surface area (Å²) in [6.45, 7) is 2.40. The first-order valence-electron chi connectivity index (χ1n) is 9.25. The zero-order chi connectivity index (χ0) is 15.1. The zero-order valence-corrected chi connectivity index (χ0v) is 13.8. The van der Waals surface area contributed by atoms with E-state index in [1.165, 1.54) is 37.9 Å². The molecule has 0 aliphatic heterocycles. The van der Waals surface area contributed by atoms with Crippen molar-refractivity contribution < 1.29 is 9.84 Å². The normalized spacial score (nSPS) is 52.2. The van der Waals surface area contributed by atoms with Crippen LogP contribution in [0.3, 0.4) is 0 Å². The summed E-state index contributed by atoms with van der Waals surface area (Å²) in [6, 6.07) is 0. The topological polar surface area (TPSA) is 29.5 Å². The van der Waals surface area contributed by atoms with Gasteiger partial charge in [0.05, 0.1) is 19.0 Å². The summed E-state index contributed by atoms with van der Waals surface area (Å²) in [6.07, 6.45) is 11.0. The van der Waals surface area contributed by atoms with Crippen molar-refractivity contribution in [2.75, 3.05) is 7.11 Å². The molecule has 0 amide bonds. The monoisotopic (exact) mass is 300 g/mol. The van der Waals surface area contributed by atoms with E-state index < -0.39 is 0 Å². The van der Waals surface area contributed by atoms with Gasteiger partial charge in [-0.15, -0.1) is 0 Å². The Kier molecular flexibility index (Phi) is 2.74. The van der Waals surface area contributed by atoms with E-state index in [-0.39, 0.29) is 11.5 Å². The molecular weight excluding hydrogens is 272 g/mol. The average molecular weight is 300 g/mol. The summed E-state index contributed by atoms with van der Waals surface area (Å²) in [5.74, 6) is 5.13.